The monoisotopic (exact) mass is 222 g/mol. The fourth-order valence-corrected chi connectivity index (χ4v) is 1.44. The van der Waals surface area contributed by atoms with Crippen LogP contribution in [0.15, 0.2) is 24.3 Å². The predicted octanol–water partition coefficient (Wildman–Crippen LogP) is 1.76. The second-order valence-corrected chi connectivity index (χ2v) is 3.65. The Morgan fingerprint density at radius 2 is 2.25 bits per heavy atom. The Hall–Kier alpha value is -1.75. The first-order valence-electron chi connectivity index (χ1n) is 5.05. The van der Waals surface area contributed by atoms with E-state index < -0.39 is 4.92 Å². The van der Waals surface area contributed by atoms with Gasteiger partial charge in [-0.2, -0.15) is 0 Å². The summed E-state index contributed by atoms with van der Waals surface area (Å²) in [5.41, 5.74) is 5.67. The van der Waals surface area contributed by atoms with Gasteiger partial charge in [0.1, 0.15) is 0 Å². The Morgan fingerprint density at radius 1 is 1.56 bits per heavy atom. The van der Waals surface area contributed by atoms with Crippen molar-refractivity contribution in [1.29, 1.82) is 0 Å². The van der Waals surface area contributed by atoms with Gasteiger partial charge in [-0.3, -0.25) is 14.9 Å². The lowest BCUT2D eigenvalue weighted by molar-refractivity contribution is -0.384. The molecule has 5 nitrogen and oxygen atoms in total. The lowest BCUT2D eigenvalue weighted by Crippen LogP contribution is -2.15. The zero-order valence-corrected chi connectivity index (χ0v) is 9.05. The van der Waals surface area contributed by atoms with Crippen LogP contribution in [0.2, 0.25) is 0 Å². The van der Waals surface area contributed by atoms with Crippen LogP contribution in [-0.4, -0.2) is 17.3 Å². The van der Waals surface area contributed by atoms with Gasteiger partial charge in [0.25, 0.3) is 5.69 Å². The molecule has 0 bridgehead atoms. The molecule has 0 heterocycles. The van der Waals surface area contributed by atoms with Gasteiger partial charge < -0.3 is 5.73 Å². The van der Waals surface area contributed by atoms with Crippen LogP contribution >= 0.6 is 0 Å². The number of nitrogens with zero attached hydrogens (tertiary/aromatic N) is 1. The zero-order chi connectivity index (χ0) is 12.1. The number of Topliss-reactive ketones (excluding diaryl/α,β-unsaturated/α-hetero) is 1. The van der Waals surface area contributed by atoms with E-state index in [1.807, 2.05) is 0 Å². The predicted molar refractivity (Wildman–Crippen MR) is 60.3 cm³/mol. The molecule has 5 heteroatoms. The van der Waals surface area contributed by atoms with Crippen LogP contribution in [0.25, 0.3) is 0 Å². The number of benzene rings is 1. The minimum absolute atomic E-state index is 0.0641. The van der Waals surface area contributed by atoms with Crippen molar-refractivity contribution in [3.8, 4) is 0 Å². The third-order valence-electron chi connectivity index (χ3n) is 2.39. The van der Waals surface area contributed by atoms with E-state index in [2.05, 4.69) is 0 Å². The van der Waals surface area contributed by atoms with Crippen LogP contribution in [-0.2, 0) is 0 Å². The van der Waals surface area contributed by atoms with Crippen molar-refractivity contribution in [2.45, 2.75) is 13.3 Å². The number of nitrogens with two attached hydrogens (primary N) is 1. The molecule has 0 saturated carbocycles. The molecular formula is C11H14N2O3. The number of carbonyl (C=O) groups excluding carboxylic acids is 1. The second-order valence-electron chi connectivity index (χ2n) is 3.65. The zero-order valence-electron chi connectivity index (χ0n) is 9.05. The number of nitro benzene ring substituents is 1. The molecule has 0 amide bonds. The third-order valence-corrected chi connectivity index (χ3v) is 2.39. The Kier molecular flexibility index (Phi) is 4.13. The van der Waals surface area contributed by atoms with Gasteiger partial charge in [-0.15, -0.1) is 0 Å². The Balaban J connectivity index is 2.91. The number of hydrogen-bond donors (Lipinski definition) is 1. The minimum atomic E-state index is -0.510. The smallest absolute Gasteiger partial charge is 0.270 e. The van der Waals surface area contributed by atoms with Gasteiger partial charge in [-0.25, -0.2) is 0 Å². The van der Waals surface area contributed by atoms with E-state index in [1.54, 1.807) is 13.0 Å². The number of carbonyl (C=O) groups is 1. The fourth-order valence-electron chi connectivity index (χ4n) is 1.44. The highest BCUT2D eigenvalue weighted by molar-refractivity contribution is 5.98. The lowest BCUT2D eigenvalue weighted by atomic mass is 9.96. The highest BCUT2D eigenvalue weighted by Crippen LogP contribution is 2.17. The number of nitro groups is 1. The van der Waals surface area contributed by atoms with Crippen molar-refractivity contribution in [2.75, 3.05) is 6.54 Å². The van der Waals surface area contributed by atoms with Crippen LogP contribution < -0.4 is 5.73 Å². The van der Waals surface area contributed by atoms with Gasteiger partial charge in [-0.1, -0.05) is 19.1 Å². The van der Waals surface area contributed by atoms with Crippen molar-refractivity contribution in [3.63, 3.8) is 0 Å². The molecule has 1 aromatic rings. The van der Waals surface area contributed by atoms with Gasteiger partial charge in [0.05, 0.1) is 4.92 Å². The molecule has 1 atom stereocenters. The molecule has 16 heavy (non-hydrogen) atoms. The summed E-state index contributed by atoms with van der Waals surface area (Å²) in [6, 6.07) is 5.77. The molecule has 1 rings (SSSR count). The summed E-state index contributed by atoms with van der Waals surface area (Å²) >= 11 is 0. The van der Waals surface area contributed by atoms with Crippen LogP contribution in [0.4, 0.5) is 5.69 Å². The summed E-state index contributed by atoms with van der Waals surface area (Å²) < 4.78 is 0. The molecule has 0 spiro atoms. The molecule has 0 aliphatic heterocycles. The first-order valence-corrected chi connectivity index (χ1v) is 5.05. The van der Waals surface area contributed by atoms with Crippen molar-refractivity contribution in [1.82, 2.24) is 0 Å². The Labute approximate surface area is 93.4 Å². The van der Waals surface area contributed by atoms with E-state index in [1.165, 1.54) is 18.2 Å². The fraction of sp³-hybridized carbons (Fsp3) is 0.364. The molecule has 0 radical (unpaired) electrons. The Morgan fingerprint density at radius 3 is 2.81 bits per heavy atom. The Bertz CT molecular complexity index is 404. The molecular weight excluding hydrogens is 208 g/mol. The lowest BCUT2D eigenvalue weighted by Gasteiger charge is -2.08. The average Bonchev–Trinajstić information content (AvgIpc) is 2.28. The maximum Gasteiger partial charge on any atom is 0.270 e. The maximum absolute atomic E-state index is 11.8. The van der Waals surface area contributed by atoms with E-state index in [0.29, 0.717) is 18.5 Å². The second kappa shape index (κ2) is 5.37. The van der Waals surface area contributed by atoms with E-state index in [4.69, 9.17) is 5.73 Å². The van der Waals surface area contributed by atoms with Crippen molar-refractivity contribution in [2.24, 2.45) is 11.7 Å². The summed E-state index contributed by atoms with van der Waals surface area (Å²) in [6.07, 6.45) is 0.585. The van der Waals surface area contributed by atoms with E-state index in [0.717, 1.165) is 0 Å². The van der Waals surface area contributed by atoms with E-state index in [-0.39, 0.29) is 17.4 Å². The molecule has 86 valence electrons. The average molecular weight is 222 g/mol. The molecule has 1 aromatic carbocycles. The molecule has 0 saturated heterocycles. The summed E-state index contributed by atoms with van der Waals surface area (Å²) in [7, 11) is 0. The highest BCUT2D eigenvalue weighted by atomic mass is 16.6. The quantitative estimate of drug-likeness (QED) is 0.467. The molecule has 0 fully saturated rings. The van der Waals surface area contributed by atoms with Gasteiger partial charge in [0.2, 0.25) is 0 Å². The topological polar surface area (TPSA) is 86.2 Å². The van der Waals surface area contributed by atoms with Gasteiger partial charge in [0, 0.05) is 23.6 Å². The number of ketones is 1. The van der Waals surface area contributed by atoms with Gasteiger partial charge in [0.15, 0.2) is 5.78 Å². The SMILES string of the molecule is CC(CCN)C(=O)c1cccc([N+](=O)[O-])c1. The third kappa shape index (κ3) is 2.87. The summed E-state index contributed by atoms with van der Waals surface area (Å²) in [5, 5.41) is 10.5. The number of non-ortho nitro benzene ring substituents is 1. The van der Waals surface area contributed by atoms with E-state index in [9.17, 15) is 14.9 Å². The first kappa shape index (κ1) is 12.3. The molecule has 0 aliphatic carbocycles. The van der Waals surface area contributed by atoms with Crippen LogP contribution in [0, 0.1) is 16.0 Å². The standard InChI is InChI=1S/C11H14N2O3/c1-8(5-6-12)11(14)9-3-2-4-10(7-9)13(15)16/h2-4,7-8H,5-6,12H2,1H3. The largest absolute Gasteiger partial charge is 0.330 e. The molecule has 1 unspecified atom stereocenters. The number of rotatable bonds is 5. The van der Waals surface area contributed by atoms with Crippen molar-refractivity contribution >= 4 is 11.5 Å². The van der Waals surface area contributed by atoms with Gasteiger partial charge in [-0.05, 0) is 13.0 Å². The van der Waals surface area contributed by atoms with Gasteiger partial charge >= 0.3 is 0 Å². The first-order chi connectivity index (χ1) is 7.56. The minimum Gasteiger partial charge on any atom is -0.330 e. The molecule has 0 aromatic heterocycles. The van der Waals surface area contributed by atoms with Crippen LogP contribution in [0.5, 0.6) is 0 Å². The number of hydrogen-bond acceptors (Lipinski definition) is 4. The summed E-state index contributed by atoms with van der Waals surface area (Å²) in [6.45, 7) is 2.20. The normalized spacial score (nSPS) is 12.1. The summed E-state index contributed by atoms with van der Waals surface area (Å²) in [5.74, 6) is -0.304. The maximum atomic E-state index is 11.8. The summed E-state index contributed by atoms with van der Waals surface area (Å²) in [4.78, 5) is 21.9. The van der Waals surface area contributed by atoms with E-state index >= 15 is 0 Å². The van der Waals surface area contributed by atoms with Crippen molar-refractivity contribution in [3.05, 3.63) is 39.9 Å². The van der Waals surface area contributed by atoms with Crippen molar-refractivity contribution < 1.29 is 9.72 Å². The van der Waals surface area contributed by atoms with Crippen LogP contribution in [0.1, 0.15) is 23.7 Å². The molecule has 0 aliphatic rings. The van der Waals surface area contributed by atoms with Crippen LogP contribution in [0.3, 0.4) is 0 Å². The highest BCUT2D eigenvalue weighted by Gasteiger charge is 2.16. The molecule has 2 N–H and O–H groups in total.